The lowest BCUT2D eigenvalue weighted by atomic mass is 10.1. The zero-order valence-electron chi connectivity index (χ0n) is 12.7. The fourth-order valence-corrected chi connectivity index (χ4v) is 2.89. The zero-order chi connectivity index (χ0) is 15.2. The second-order valence-corrected chi connectivity index (χ2v) is 6.31. The smallest absolute Gasteiger partial charge is 0.237 e. The van der Waals surface area contributed by atoms with Crippen molar-refractivity contribution in [2.24, 2.45) is 0 Å². The summed E-state index contributed by atoms with van der Waals surface area (Å²) < 4.78 is 5.29. The largest absolute Gasteiger partial charge is 0.468 e. The summed E-state index contributed by atoms with van der Waals surface area (Å²) in [5, 5.41) is 2.94. The molecule has 0 radical (unpaired) electrons. The number of nitrogens with one attached hydrogen (secondary N) is 1. The van der Waals surface area contributed by atoms with Gasteiger partial charge in [-0.05, 0) is 43.5 Å². The fraction of sp³-hybridized carbons (Fsp3) is 0.353. The normalized spacial score (nSPS) is 12.1. The van der Waals surface area contributed by atoms with E-state index in [0.29, 0.717) is 5.75 Å². The number of hydrogen-bond acceptors (Lipinski definition) is 3. The van der Waals surface area contributed by atoms with Gasteiger partial charge < -0.3 is 9.73 Å². The first kappa shape index (κ1) is 15.7. The van der Waals surface area contributed by atoms with Crippen LogP contribution in [0.1, 0.15) is 30.7 Å². The van der Waals surface area contributed by atoms with Gasteiger partial charge in [0.1, 0.15) is 5.76 Å². The Morgan fingerprint density at radius 1 is 1.33 bits per heavy atom. The average Bonchev–Trinajstić information content (AvgIpc) is 3.00. The molecule has 1 amide bonds. The van der Waals surface area contributed by atoms with Gasteiger partial charge in [0, 0.05) is 5.69 Å². The molecule has 2 aromatic rings. The third kappa shape index (κ3) is 4.14. The number of benzene rings is 1. The molecule has 0 saturated heterocycles. The maximum absolute atomic E-state index is 12.3. The molecule has 0 aliphatic heterocycles. The summed E-state index contributed by atoms with van der Waals surface area (Å²) in [6.45, 7) is 6.04. The van der Waals surface area contributed by atoms with E-state index in [-0.39, 0.29) is 11.2 Å². The number of aryl methyl sites for hydroxylation is 2. The Hall–Kier alpha value is -1.68. The van der Waals surface area contributed by atoms with Crippen LogP contribution >= 0.6 is 11.8 Å². The van der Waals surface area contributed by atoms with Crippen LogP contribution in [0.15, 0.2) is 41.0 Å². The lowest BCUT2D eigenvalue weighted by Crippen LogP contribution is -2.23. The van der Waals surface area contributed by atoms with E-state index in [4.69, 9.17) is 4.42 Å². The number of carbonyl (C=O) groups is 1. The number of anilines is 1. The SMILES string of the molecule is CCc1cccc(C)c1NC(=O)C(C)SCc1ccco1. The highest BCUT2D eigenvalue weighted by molar-refractivity contribution is 7.99. The molecule has 21 heavy (non-hydrogen) atoms. The van der Waals surface area contributed by atoms with Crippen LogP contribution in [-0.2, 0) is 17.0 Å². The third-order valence-electron chi connectivity index (χ3n) is 3.41. The molecule has 1 heterocycles. The Morgan fingerprint density at radius 3 is 2.81 bits per heavy atom. The minimum absolute atomic E-state index is 0.0376. The van der Waals surface area contributed by atoms with Crippen molar-refractivity contribution in [1.82, 2.24) is 0 Å². The van der Waals surface area contributed by atoms with Gasteiger partial charge in [0.05, 0.1) is 17.3 Å². The van der Waals surface area contributed by atoms with Crippen molar-refractivity contribution in [2.45, 2.75) is 38.2 Å². The topological polar surface area (TPSA) is 42.2 Å². The molecule has 1 unspecified atom stereocenters. The van der Waals surface area contributed by atoms with Crippen LogP contribution in [0.3, 0.4) is 0 Å². The summed E-state index contributed by atoms with van der Waals surface area (Å²) in [5.41, 5.74) is 3.23. The van der Waals surface area contributed by atoms with Crippen LogP contribution in [0.4, 0.5) is 5.69 Å². The van der Waals surface area contributed by atoms with E-state index in [2.05, 4.69) is 18.3 Å². The summed E-state index contributed by atoms with van der Waals surface area (Å²) >= 11 is 1.58. The van der Waals surface area contributed by atoms with Crippen molar-refractivity contribution in [3.8, 4) is 0 Å². The predicted octanol–water partition coefficient (Wildman–Crippen LogP) is 4.41. The molecule has 0 aliphatic rings. The number of hydrogen-bond donors (Lipinski definition) is 1. The summed E-state index contributed by atoms with van der Waals surface area (Å²) in [4.78, 5) is 12.3. The highest BCUT2D eigenvalue weighted by Crippen LogP contribution is 2.24. The van der Waals surface area contributed by atoms with E-state index in [0.717, 1.165) is 23.4 Å². The summed E-state index contributed by atoms with van der Waals surface area (Å²) in [5.74, 6) is 1.64. The number of para-hydroxylation sites is 1. The van der Waals surface area contributed by atoms with E-state index in [1.165, 1.54) is 5.56 Å². The Kier molecular flexibility index (Phi) is 5.51. The van der Waals surface area contributed by atoms with Gasteiger partial charge in [-0.2, -0.15) is 0 Å². The molecule has 0 fully saturated rings. The van der Waals surface area contributed by atoms with Crippen molar-refractivity contribution >= 4 is 23.4 Å². The number of furan rings is 1. The van der Waals surface area contributed by atoms with Gasteiger partial charge in [0.25, 0.3) is 0 Å². The van der Waals surface area contributed by atoms with E-state index < -0.39 is 0 Å². The number of thioether (sulfide) groups is 1. The Bertz CT molecular complexity index is 593. The van der Waals surface area contributed by atoms with Crippen molar-refractivity contribution in [3.05, 3.63) is 53.5 Å². The quantitative estimate of drug-likeness (QED) is 0.859. The first-order chi connectivity index (χ1) is 10.1. The van der Waals surface area contributed by atoms with E-state index in [1.54, 1.807) is 18.0 Å². The molecule has 1 N–H and O–H groups in total. The Labute approximate surface area is 130 Å². The molecule has 1 atom stereocenters. The van der Waals surface area contributed by atoms with Crippen molar-refractivity contribution in [3.63, 3.8) is 0 Å². The second-order valence-electron chi connectivity index (χ2n) is 4.98. The number of carbonyl (C=O) groups excluding carboxylic acids is 1. The molecule has 3 nitrogen and oxygen atoms in total. The lowest BCUT2D eigenvalue weighted by Gasteiger charge is -2.16. The molecule has 0 aliphatic carbocycles. The molecule has 0 saturated carbocycles. The van der Waals surface area contributed by atoms with E-state index in [9.17, 15) is 4.79 Å². The molecule has 1 aromatic carbocycles. The van der Waals surface area contributed by atoms with Crippen LogP contribution in [0, 0.1) is 6.92 Å². The first-order valence-corrected chi connectivity index (χ1v) is 8.20. The number of amides is 1. The predicted molar refractivity (Wildman–Crippen MR) is 88.7 cm³/mol. The first-order valence-electron chi connectivity index (χ1n) is 7.15. The van der Waals surface area contributed by atoms with Gasteiger partial charge in [-0.3, -0.25) is 4.79 Å². The van der Waals surface area contributed by atoms with Crippen LogP contribution in [0.2, 0.25) is 0 Å². The van der Waals surface area contributed by atoms with Crippen LogP contribution in [-0.4, -0.2) is 11.2 Å². The summed E-state index contributed by atoms with van der Waals surface area (Å²) in [6.07, 6.45) is 2.56. The highest BCUT2D eigenvalue weighted by atomic mass is 32.2. The summed E-state index contributed by atoms with van der Waals surface area (Å²) in [6, 6.07) is 9.90. The van der Waals surface area contributed by atoms with Crippen LogP contribution in [0.5, 0.6) is 0 Å². The van der Waals surface area contributed by atoms with Crippen molar-refractivity contribution < 1.29 is 9.21 Å². The molecular weight excluding hydrogens is 282 g/mol. The molecule has 1 aromatic heterocycles. The van der Waals surface area contributed by atoms with Crippen LogP contribution < -0.4 is 5.32 Å². The van der Waals surface area contributed by atoms with Gasteiger partial charge in [0.15, 0.2) is 0 Å². The lowest BCUT2D eigenvalue weighted by molar-refractivity contribution is -0.115. The fourth-order valence-electron chi connectivity index (χ4n) is 2.10. The molecule has 112 valence electrons. The maximum atomic E-state index is 12.3. The molecule has 2 rings (SSSR count). The Balaban J connectivity index is 1.97. The minimum atomic E-state index is -0.126. The van der Waals surface area contributed by atoms with Gasteiger partial charge in [-0.15, -0.1) is 11.8 Å². The van der Waals surface area contributed by atoms with Crippen molar-refractivity contribution in [1.29, 1.82) is 0 Å². The molecule has 4 heteroatoms. The standard InChI is InChI=1S/C17H21NO2S/c1-4-14-8-5-7-12(2)16(14)18-17(19)13(3)21-11-15-9-6-10-20-15/h5-10,13H,4,11H2,1-3H3,(H,18,19). The highest BCUT2D eigenvalue weighted by Gasteiger charge is 2.16. The Morgan fingerprint density at radius 2 is 2.14 bits per heavy atom. The van der Waals surface area contributed by atoms with Crippen molar-refractivity contribution in [2.75, 3.05) is 5.32 Å². The van der Waals surface area contributed by atoms with Crippen LogP contribution in [0.25, 0.3) is 0 Å². The molecular formula is C17H21NO2S. The molecule has 0 bridgehead atoms. The third-order valence-corrected chi connectivity index (χ3v) is 4.58. The zero-order valence-corrected chi connectivity index (χ0v) is 13.5. The number of rotatable bonds is 6. The maximum Gasteiger partial charge on any atom is 0.237 e. The van der Waals surface area contributed by atoms with Gasteiger partial charge in [-0.1, -0.05) is 25.1 Å². The van der Waals surface area contributed by atoms with E-state index in [1.807, 2.05) is 38.1 Å². The average molecular weight is 303 g/mol. The molecule has 0 spiro atoms. The van der Waals surface area contributed by atoms with Gasteiger partial charge in [0.2, 0.25) is 5.91 Å². The minimum Gasteiger partial charge on any atom is -0.468 e. The monoisotopic (exact) mass is 303 g/mol. The van der Waals surface area contributed by atoms with Gasteiger partial charge >= 0.3 is 0 Å². The second kappa shape index (κ2) is 7.36. The van der Waals surface area contributed by atoms with Gasteiger partial charge in [-0.25, -0.2) is 0 Å². The summed E-state index contributed by atoms with van der Waals surface area (Å²) in [7, 11) is 0. The van der Waals surface area contributed by atoms with E-state index >= 15 is 0 Å².